The van der Waals surface area contributed by atoms with Crippen LogP contribution in [0, 0.1) is 0 Å². The third-order valence-electron chi connectivity index (χ3n) is 2.96. The van der Waals surface area contributed by atoms with Crippen LogP contribution in [-0.2, 0) is 6.54 Å². The number of ether oxygens (including phenoxy) is 1. The molecule has 106 valence electrons. The molecule has 0 unspecified atom stereocenters. The van der Waals surface area contributed by atoms with Crippen molar-refractivity contribution in [1.82, 2.24) is 9.88 Å². The van der Waals surface area contributed by atoms with Gasteiger partial charge >= 0.3 is 0 Å². The Hall–Kier alpha value is -1.91. The number of pyridine rings is 1. The monoisotopic (exact) mass is 272 g/mol. The molecule has 4 nitrogen and oxygen atoms in total. The summed E-state index contributed by atoms with van der Waals surface area (Å²) in [7, 11) is 0. The molecule has 0 radical (unpaired) electrons. The van der Waals surface area contributed by atoms with E-state index in [0.717, 1.165) is 24.4 Å². The molecule has 0 aliphatic rings. The van der Waals surface area contributed by atoms with E-state index < -0.39 is 0 Å². The number of benzene rings is 1. The number of rotatable bonds is 8. The van der Waals surface area contributed by atoms with E-state index in [1.54, 1.807) is 6.20 Å². The zero-order valence-electron chi connectivity index (χ0n) is 11.5. The predicted octanol–water partition coefficient (Wildman–Crippen LogP) is 1.95. The van der Waals surface area contributed by atoms with Gasteiger partial charge in [-0.1, -0.05) is 24.3 Å². The first-order valence-electron chi connectivity index (χ1n) is 6.78. The summed E-state index contributed by atoms with van der Waals surface area (Å²) in [6, 6.07) is 13.7. The highest BCUT2D eigenvalue weighted by molar-refractivity contribution is 5.20. The van der Waals surface area contributed by atoms with Gasteiger partial charge in [-0.05, 0) is 23.8 Å². The summed E-state index contributed by atoms with van der Waals surface area (Å²) >= 11 is 0. The Balaban J connectivity index is 1.80. The van der Waals surface area contributed by atoms with Crippen LogP contribution in [0.2, 0.25) is 0 Å². The Bertz CT molecular complexity index is 476. The van der Waals surface area contributed by atoms with Crippen LogP contribution in [0.5, 0.6) is 5.75 Å². The topological polar surface area (TPSA) is 45.6 Å². The van der Waals surface area contributed by atoms with Gasteiger partial charge in [0.1, 0.15) is 12.4 Å². The third kappa shape index (κ3) is 4.99. The van der Waals surface area contributed by atoms with E-state index in [-0.39, 0.29) is 6.61 Å². The summed E-state index contributed by atoms with van der Waals surface area (Å²) in [6.45, 7) is 2.92. The van der Waals surface area contributed by atoms with Crippen molar-refractivity contribution in [1.29, 1.82) is 0 Å². The average molecular weight is 272 g/mol. The molecule has 2 aromatic rings. The van der Waals surface area contributed by atoms with E-state index >= 15 is 0 Å². The molecule has 1 N–H and O–H groups in total. The number of hydrogen-bond acceptors (Lipinski definition) is 4. The van der Waals surface area contributed by atoms with Crippen molar-refractivity contribution in [3.05, 3.63) is 60.4 Å². The van der Waals surface area contributed by atoms with Crippen molar-refractivity contribution in [2.45, 2.75) is 6.54 Å². The van der Waals surface area contributed by atoms with Gasteiger partial charge in [-0.3, -0.25) is 9.88 Å². The van der Waals surface area contributed by atoms with Crippen LogP contribution in [0.15, 0.2) is 54.9 Å². The molecule has 0 saturated heterocycles. The minimum Gasteiger partial charge on any atom is -0.492 e. The predicted molar refractivity (Wildman–Crippen MR) is 78.5 cm³/mol. The third-order valence-corrected chi connectivity index (χ3v) is 2.96. The molecule has 0 amide bonds. The molecule has 2 rings (SSSR count). The zero-order valence-corrected chi connectivity index (χ0v) is 11.5. The van der Waals surface area contributed by atoms with E-state index in [0.29, 0.717) is 13.2 Å². The minimum atomic E-state index is 0.144. The van der Waals surface area contributed by atoms with E-state index in [9.17, 15) is 0 Å². The Morgan fingerprint density at radius 1 is 1.05 bits per heavy atom. The maximum Gasteiger partial charge on any atom is 0.119 e. The van der Waals surface area contributed by atoms with Crippen LogP contribution in [0.3, 0.4) is 0 Å². The number of hydrogen-bond donors (Lipinski definition) is 1. The molecule has 1 aromatic heterocycles. The first-order chi connectivity index (χ1) is 9.88. The molecule has 0 saturated carbocycles. The lowest BCUT2D eigenvalue weighted by Crippen LogP contribution is -2.30. The maximum absolute atomic E-state index is 9.13. The maximum atomic E-state index is 9.13. The number of aromatic nitrogens is 1. The highest BCUT2D eigenvalue weighted by atomic mass is 16.5. The quantitative estimate of drug-likeness (QED) is 0.798. The summed E-state index contributed by atoms with van der Waals surface area (Å²) < 4.78 is 5.68. The summed E-state index contributed by atoms with van der Waals surface area (Å²) in [6.07, 6.45) is 3.61. The lowest BCUT2D eigenvalue weighted by atomic mass is 10.2. The number of nitrogens with zero attached hydrogens (tertiary/aromatic N) is 2. The van der Waals surface area contributed by atoms with E-state index in [4.69, 9.17) is 9.84 Å². The molecular weight excluding hydrogens is 252 g/mol. The Kier molecular flexibility index (Phi) is 6.02. The lowest BCUT2D eigenvalue weighted by molar-refractivity contribution is 0.163. The van der Waals surface area contributed by atoms with Gasteiger partial charge in [0.05, 0.1) is 6.61 Å². The molecule has 4 heteroatoms. The van der Waals surface area contributed by atoms with Crippen LogP contribution in [0.1, 0.15) is 5.56 Å². The first-order valence-corrected chi connectivity index (χ1v) is 6.78. The molecule has 0 fully saturated rings. The van der Waals surface area contributed by atoms with Crippen LogP contribution in [-0.4, -0.2) is 41.3 Å². The highest BCUT2D eigenvalue weighted by Gasteiger charge is 2.06. The largest absolute Gasteiger partial charge is 0.492 e. The molecule has 0 spiro atoms. The second kappa shape index (κ2) is 8.30. The summed E-state index contributed by atoms with van der Waals surface area (Å²) in [5.74, 6) is 0.873. The SMILES string of the molecule is OCCN(CCOc1ccccc1)Cc1cccnc1. The fourth-order valence-corrected chi connectivity index (χ4v) is 1.97. The molecule has 1 heterocycles. The van der Waals surface area contributed by atoms with Gasteiger partial charge in [0, 0.05) is 32.0 Å². The van der Waals surface area contributed by atoms with Crippen LogP contribution in [0.25, 0.3) is 0 Å². The Morgan fingerprint density at radius 3 is 2.60 bits per heavy atom. The van der Waals surface area contributed by atoms with Crippen LogP contribution < -0.4 is 4.74 Å². The van der Waals surface area contributed by atoms with Crippen molar-refractivity contribution in [3.63, 3.8) is 0 Å². The number of aliphatic hydroxyl groups is 1. The van der Waals surface area contributed by atoms with Crippen molar-refractivity contribution >= 4 is 0 Å². The van der Waals surface area contributed by atoms with Gasteiger partial charge in [0.25, 0.3) is 0 Å². The van der Waals surface area contributed by atoms with E-state index in [1.165, 1.54) is 0 Å². The fourth-order valence-electron chi connectivity index (χ4n) is 1.97. The Labute approximate surface area is 119 Å². The zero-order chi connectivity index (χ0) is 14.0. The molecule has 0 aliphatic carbocycles. The fraction of sp³-hybridized carbons (Fsp3) is 0.312. The van der Waals surface area contributed by atoms with Crippen molar-refractivity contribution in [2.75, 3.05) is 26.3 Å². The minimum absolute atomic E-state index is 0.144. The number of para-hydroxylation sites is 1. The van der Waals surface area contributed by atoms with E-state index in [1.807, 2.05) is 48.7 Å². The molecule has 20 heavy (non-hydrogen) atoms. The van der Waals surface area contributed by atoms with Crippen LogP contribution >= 0.6 is 0 Å². The molecular formula is C16H20N2O2. The second-order valence-electron chi connectivity index (χ2n) is 4.52. The lowest BCUT2D eigenvalue weighted by Gasteiger charge is -2.21. The first kappa shape index (κ1) is 14.5. The Morgan fingerprint density at radius 2 is 1.90 bits per heavy atom. The molecule has 0 atom stereocenters. The van der Waals surface area contributed by atoms with Gasteiger partial charge in [-0.25, -0.2) is 0 Å². The summed E-state index contributed by atoms with van der Waals surface area (Å²) in [5.41, 5.74) is 1.14. The normalized spacial score (nSPS) is 10.7. The van der Waals surface area contributed by atoms with Gasteiger partial charge in [-0.2, -0.15) is 0 Å². The van der Waals surface area contributed by atoms with Gasteiger partial charge in [0.15, 0.2) is 0 Å². The average Bonchev–Trinajstić information content (AvgIpc) is 2.49. The van der Waals surface area contributed by atoms with Crippen molar-refractivity contribution < 1.29 is 9.84 Å². The smallest absolute Gasteiger partial charge is 0.119 e. The molecule has 0 aliphatic heterocycles. The second-order valence-corrected chi connectivity index (χ2v) is 4.52. The molecule has 0 bridgehead atoms. The molecule has 1 aromatic carbocycles. The standard InChI is InChI=1S/C16H20N2O2/c19-11-9-18(14-15-5-4-8-17-13-15)10-12-20-16-6-2-1-3-7-16/h1-8,13,19H,9-12,14H2. The summed E-state index contributed by atoms with van der Waals surface area (Å²) in [5, 5.41) is 9.13. The highest BCUT2D eigenvalue weighted by Crippen LogP contribution is 2.08. The van der Waals surface area contributed by atoms with Crippen molar-refractivity contribution in [2.24, 2.45) is 0 Å². The number of aliphatic hydroxyl groups excluding tert-OH is 1. The van der Waals surface area contributed by atoms with E-state index in [2.05, 4.69) is 9.88 Å². The summed E-state index contributed by atoms with van der Waals surface area (Å²) in [4.78, 5) is 6.26. The van der Waals surface area contributed by atoms with Crippen molar-refractivity contribution in [3.8, 4) is 5.75 Å². The van der Waals surface area contributed by atoms with Crippen LogP contribution in [0.4, 0.5) is 0 Å². The van der Waals surface area contributed by atoms with Gasteiger partial charge < -0.3 is 9.84 Å². The van der Waals surface area contributed by atoms with Gasteiger partial charge in [0.2, 0.25) is 0 Å². The van der Waals surface area contributed by atoms with Gasteiger partial charge in [-0.15, -0.1) is 0 Å².